The maximum absolute atomic E-state index is 13.2. The van der Waals surface area contributed by atoms with Gasteiger partial charge in [0.05, 0.1) is 59.8 Å². The summed E-state index contributed by atoms with van der Waals surface area (Å²) in [6.45, 7) is 2.19. The molecule has 0 radical (unpaired) electrons. The van der Waals surface area contributed by atoms with E-state index in [1.807, 2.05) is 6.92 Å². The minimum atomic E-state index is -0.774. The van der Waals surface area contributed by atoms with Crippen LogP contribution in [-0.2, 0) is 42.8 Å². The molecule has 9 heteroatoms. The molecular weight excluding hydrogens is 504 g/mol. The molecule has 0 N–H and O–H groups in total. The molecule has 9 rings (SSSR count). The summed E-state index contributed by atoms with van der Waals surface area (Å²) in [7, 11) is 0. The largest absolute Gasteiger partial charge is 0.465 e. The maximum Gasteiger partial charge on any atom is 0.309 e. The van der Waals surface area contributed by atoms with E-state index in [1.54, 1.807) is 0 Å². The van der Waals surface area contributed by atoms with Crippen molar-refractivity contribution >= 4 is 17.9 Å². The molecule has 212 valence electrons. The first-order valence-corrected chi connectivity index (χ1v) is 15.4. The minimum Gasteiger partial charge on any atom is -0.465 e. The van der Waals surface area contributed by atoms with Gasteiger partial charge in [0.15, 0.2) is 0 Å². The number of hydrogen-bond donors (Lipinski definition) is 0. The Balaban J connectivity index is 0.866. The minimum absolute atomic E-state index is 0.0702. The highest BCUT2D eigenvalue weighted by atomic mass is 16.6. The van der Waals surface area contributed by atoms with Crippen LogP contribution >= 0.6 is 0 Å². The van der Waals surface area contributed by atoms with Gasteiger partial charge in [-0.2, -0.15) is 0 Å². The summed E-state index contributed by atoms with van der Waals surface area (Å²) >= 11 is 0. The number of epoxide rings is 3. The van der Waals surface area contributed by atoms with Crippen LogP contribution in [0.25, 0.3) is 0 Å². The van der Waals surface area contributed by atoms with Gasteiger partial charge in [-0.3, -0.25) is 14.4 Å². The van der Waals surface area contributed by atoms with Gasteiger partial charge in [0, 0.05) is 17.8 Å². The van der Waals surface area contributed by atoms with E-state index in [9.17, 15) is 14.4 Å². The fourth-order valence-corrected chi connectivity index (χ4v) is 10.0. The third kappa shape index (κ3) is 3.57. The Morgan fingerprint density at radius 1 is 0.564 bits per heavy atom. The summed E-state index contributed by atoms with van der Waals surface area (Å²) in [6, 6.07) is 0. The van der Waals surface area contributed by atoms with E-state index in [0.29, 0.717) is 42.5 Å². The molecule has 0 spiro atoms. The van der Waals surface area contributed by atoms with E-state index in [4.69, 9.17) is 28.4 Å². The second kappa shape index (κ2) is 8.19. The predicted octanol–water partition coefficient (Wildman–Crippen LogP) is 2.28. The van der Waals surface area contributed by atoms with Crippen molar-refractivity contribution in [3.8, 4) is 0 Å². The Bertz CT molecular complexity index is 975. The molecule has 39 heavy (non-hydrogen) atoms. The third-order valence-corrected chi connectivity index (χ3v) is 12.5. The molecule has 9 fully saturated rings. The van der Waals surface area contributed by atoms with Gasteiger partial charge in [-0.25, -0.2) is 0 Å². The fraction of sp³-hybridized carbons (Fsp3) is 0.900. The number of ether oxygens (including phenoxy) is 6. The highest BCUT2D eigenvalue weighted by Gasteiger charge is 2.67. The van der Waals surface area contributed by atoms with Crippen LogP contribution in [0.3, 0.4) is 0 Å². The normalized spacial score (nSPS) is 53.0. The van der Waals surface area contributed by atoms with Crippen LogP contribution in [0.5, 0.6) is 0 Å². The number of fused-ring (bicyclic) bond motifs is 15. The first kappa shape index (κ1) is 23.9. The zero-order valence-electron chi connectivity index (χ0n) is 22.4. The van der Waals surface area contributed by atoms with Gasteiger partial charge in [0.25, 0.3) is 0 Å². The van der Waals surface area contributed by atoms with Gasteiger partial charge in [-0.05, 0) is 62.7 Å². The molecule has 9 aliphatic rings. The average Bonchev–Trinajstić information content (AvgIpc) is 3.90. The third-order valence-electron chi connectivity index (χ3n) is 12.5. The Hall–Kier alpha value is -1.71. The van der Waals surface area contributed by atoms with Crippen molar-refractivity contribution in [2.45, 2.75) is 88.5 Å². The van der Waals surface area contributed by atoms with Crippen LogP contribution < -0.4 is 0 Å². The van der Waals surface area contributed by atoms with Gasteiger partial charge < -0.3 is 28.4 Å². The van der Waals surface area contributed by atoms with Gasteiger partial charge in [-0.15, -0.1) is 0 Å². The van der Waals surface area contributed by atoms with Crippen molar-refractivity contribution in [3.63, 3.8) is 0 Å². The fourth-order valence-electron chi connectivity index (χ4n) is 10.0. The van der Waals surface area contributed by atoms with E-state index in [1.165, 1.54) is 0 Å². The van der Waals surface area contributed by atoms with E-state index in [-0.39, 0.29) is 91.5 Å². The lowest BCUT2D eigenvalue weighted by Crippen LogP contribution is -2.42. The summed E-state index contributed by atoms with van der Waals surface area (Å²) in [5.74, 6) is 1.26. The summed E-state index contributed by atoms with van der Waals surface area (Å²) < 4.78 is 35.0. The van der Waals surface area contributed by atoms with Crippen LogP contribution in [0.2, 0.25) is 0 Å². The Kier molecular flexibility index (Phi) is 5.03. The molecule has 9 nitrogen and oxygen atoms in total. The van der Waals surface area contributed by atoms with Crippen molar-refractivity contribution in [3.05, 3.63) is 0 Å². The summed E-state index contributed by atoms with van der Waals surface area (Å²) in [5, 5.41) is 0. The molecule has 0 aromatic carbocycles. The van der Waals surface area contributed by atoms with Crippen molar-refractivity contribution in [2.75, 3.05) is 19.8 Å². The van der Waals surface area contributed by atoms with Crippen LogP contribution in [-0.4, -0.2) is 74.4 Å². The van der Waals surface area contributed by atoms with E-state index in [2.05, 4.69) is 0 Å². The Morgan fingerprint density at radius 2 is 0.897 bits per heavy atom. The molecule has 6 saturated carbocycles. The van der Waals surface area contributed by atoms with Crippen molar-refractivity contribution < 1.29 is 42.8 Å². The molecule has 6 aliphatic carbocycles. The Labute approximate surface area is 227 Å². The molecule has 0 aromatic heterocycles. The van der Waals surface area contributed by atoms with Gasteiger partial charge in [0.1, 0.15) is 19.8 Å². The smallest absolute Gasteiger partial charge is 0.309 e. The predicted molar refractivity (Wildman–Crippen MR) is 131 cm³/mol. The molecule has 0 aromatic rings. The van der Waals surface area contributed by atoms with E-state index < -0.39 is 5.41 Å². The lowest BCUT2D eigenvalue weighted by molar-refractivity contribution is -0.169. The molecule has 0 amide bonds. The zero-order valence-corrected chi connectivity index (χ0v) is 22.4. The van der Waals surface area contributed by atoms with Gasteiger partial charge in [-0.1, -0.05) is 6.92 Å². The molecule has 15 atom stereocenters. The first-order valence-electron chi connectivity index (χ1n) is 15.4. The van der Waals surface area contributed by atoms with Crippen LogP contribution in [0.15, 0.2) is 0 Å². The number of esters is 3. The lowest BCUT2D eigenvalue weighted by Gasteiger charge is -2.33. The monoisotopic (exact) mass is 542 g/mol. The lowest BCUT2D eigenvalue weighted by atomic mass is 9.86. The highest BCUT2D eigenvalue weighted by Crippen LogP contribution is 2.61. The highest BCUT2D eigenvalue weighted by molar-refractivity contribution is 5.75. The number of hydrogen-bond acceptors (Lipinski definition) is 9. The van der Waals surface area contributed by atoms with Crippen molar-refractivity contribution in [1.29, 1.82) is 0 Å². The van der Waals surface area contributed by atoms with E-state index in [0.717, 1.165) is 38.5 Å². The second-order valence-electron chi connectivity index (χ2n) is 14.4. The maximum atomic E-state index is 13.2. The number of carbonyl (C=O) groups is 3. The average molecular weight is 543 g/mol. The topological polar surface area (TPSA) is 116 Å². The number of carbonyl (C=O) groups excluding carboxylic acids is 3. The first-order chi connectivity index (χ1) is 18.9. The summed E-state index contributed by atoms with van der Waals surface area (Å²) in [5.41, 5.74) is -0.774. The van der Waals surface area contributed by atoms with Gasteiger partial charge >= 0.3 is 17.9 Å². The molecule has 3 heterocycles. The molecule has 6 bridgehead atoms. The quantitative estimate of drug-likeness (QED) is 0.233. The van der Waals surface area contributed by atoms with Crippen LogP contribution in [0.1, 0.15) is 51.9 Å². The van der Waals surface area contributed by atoms with Crippen molar-refractivity contribution in [1.82, 2.24) is 0 Å². The molecular formula is C30H38O9. The van der Waals surface area contributed by atoms with Crippen molar-refractivity contribution in [2.24, 2.45) is 58.7 Å². The second-order valence-corrected chi connectivity index (χ2v) is 14.4. The van der Waals surface area contributed by atoms with E-state index >= 15 is 0 Å². The van der Waals surface area contributed by atoms with Crippen LogP contribution in [0.4, 0.5) is 0 Å². The molecule has 15 unspecified atom stereocenters. The SMILES string of the molecule is CCC(COC(=O)C1CC2CC1C1OC21)(COC(=O)C1CC2CC1C1OC21)COC(=O)C1CC2CC1C1OC21. The van der Waals surface area contributed by atoms with Gasteiger partial charge in [0.2, 0.25) is 0 Å². The summed E-state index contributed by atoms with van der Waals surface area (Å²) in [6.07, 6.45) is 7.96. The molecule has 3 aliphatic heterocycles. The number of rotatable bonds is 10. The zero-order chi connectivity index (χ0) is 26.2. The molecule has 3 saturated heterocycles. The summed E-state index contributed by atoms with van der Waals surface area (Å²) in [4.78, 5) is 39.6. The van der Waals surface area contributed by atoms with Crippen LogP contribution in [0, 0.1) is 58.7 Å². The Morgan fingerprint density at radius 3 is 1.15 bits per heavy atom. The standard InChI is InChI=1S/C30H38O9/c1-2-30(9-34-27(31)18-6-12-3-15(18)24-21(12)37-24,10-35-28(32)19-7-13-4-16(19)25-22(13)38-25)11-36-29(33)20-8-14-5-17(20)26-23(14)39-26/h12-26H,2-11H2,1H3.